The minimum atomic E-state index is -0.825. The van der Waals surface area contributed by atoms with E-state index in [1.54, 1.807) is 12.1 Å². The third-order valence-corrected chi connectivity index (χ3v) is 4.17. The standard InChI is InChI=1S/C17H18N2O3/c1-9-4-5-12(21-9)16-10(8-18)15(19)14-11(20)6-17(2,3)7-13(14)22-16/h4-5,10,16,19H,6-7H2,1-3H3/t10-,16-/m0/s1. The second kappa shape index (κ2) is 4.84. The zero-order valence-corrected chi connectivity index (χ0v) is 12.9. The van der Waals surface area contributed by atoms with E-state index < -0.39 is 12.0 Å². The molecular formula is C17H18N2O3. The van der Waals surface area contributed by atoms with Crippen LogP contribution in [0.25, 0.3) is 0 Å². The molecule has 1 aromatic heterocycles. The number of allylic oxidation sites excluding steroid dienone is 2. The molecule has 1 N–H and O–H groups in total. The summed E-state index contributed by atoms with van der Waals surface area (Å²) in [5.74, 6) is 0.842. The van der Waals surface area contributed by atoms with Crippen LogP contribution in [0.4, 0.5) is 0 Å². The highest BCUT2D eigenvalue weighted by Crippen LogP contribution is 2.45. The van der Waals surface area contributed by atoms with Crippen LogP contribution in [0.5, 0.6) is 0 Å². The van der Waals surface area contributed by atoms with E-state index in [1.165, 1.54) is 0 Å². The van der Waals surface area contributed by atoms with Gasteiger partial charge in [-0.05, 0) is 24.5 Å². The van der Waals surface area contributed by atoms with Crippen LogP contribution < -0.4 is 0 Å². The van der Waals surface area contributed by atoms with E-state index >= 15 is 0 Å². The zero-order valence-electron chi connectivity index (χ0n) is 12.9. The fourth-order valence-electron chi connectivity index (χ4n) is 3.15. The average molecular weight is 298 g/mol. The van der Waals surface area contributed by atoms with Gasteiger partial charge in [0.2, 0.25) is 0 Å². The van der Waals surface area contributed by atoms with E-state index in [9.17, 15) is 10.1 Å². The molecule has 3 rings (SSSR count). The number of nitriles is 1. The predicted octanol–water partition coefficient (Wildman–Crippen LogP) is 3.46. The summed E-state index contributed by atoms with van der Waals surface area (Å²) in [6.07, 6.45) is 0.303. The first-order valence-electron chi connectivity index (χ1n) is 7.30. The molecular weight excluding hydrogens is 280 g/mol. The molecule has 0 saturated carbocycles. The van der Waals surface area contributed by atoms with E-state index in [1.807, 2.05) is 20.8 Å². The van der Waals surface area contributed by atoms with Crippen LogP contribution in [0, 0.1) is 35.0 Å². The Bertz CT molecular complexity index is 733. The number of carbonyl (C=O) groups is 1. The third-order valence-electron chi connectivity index (χ3n) is 4.17. The number of aryl methyl sites for hydroxylation is 1. The van der Waals surface area contributed by atoms with Gasteiger partial charge in [0, 0.05) is 12.8 Å². The lowest BCUT2D eigenvalue weighted by Crippen LogP contribution is -2.38. The van der Waals surface area contributed by atoms with E-state index in [-0.39, 0.29) is 16.9 Å². The number of nitrogens with one attached hydrogen (secondary N) is 1. The molecule has 0 amide bonds. The van der Waals surface area contributed by atoms with Crippen LogP contribution in [0.15, 0.2) is 27.9 Å². The molecule has 22 heavy (non-hydrogen) atoms. The normalized spacial score (nSPS) is 27.2. The first kappa shape index (κ1) is 14.6. The van der Waals surface area contributed by atoms with Gasteiger partial charge in [0.15, 0.2) is 11.9 Å². The molecule has 1 aromatic rings. The number of ether oxygens (including phenoxy) is 1. The van der Waals surface area contributed by atoms with Gasteiger partial charge in [-0.25, -0.2) is 0 Å². The zero-order chi connectivity index (χ0) is 16.1. The average Bonchev–Trinajstić information content (AvgIpc) is 2.82. The van der Waals surface area contributed by atoms with Gasteiger partial charge in [-0.1, -0.05) is 13.8 Å². The van der Waals surface area contributed by atoms with Gasteiger partial charge >= 0.3 is 0 Å². The number of Topliss-reactive ketones (excluding diaryl/α,β-unsaturated/α-hetero) is 1. The number of furan rings is 1. The summed E-state index contributed by atoms with van der Waals surface area (Å²) in [5.41, 5.74) is 0.160. The molecule has 0 unspecified atom stereocenters. The van der Waals surface area contributed by atoms with Crippen molar-refractivity contribution in [1.29, 1.82) is 10.7 Å². The van der Waals surface area contributed by atoms with Crippen molar-refractivity contribution in [3.8, 4) is 6.07 Å². The Labute approximate surface area is 129 Å². The number of nitrogens with zero attached hydrogens (tertiary/aromatic N) is 1. The van der Waals surface area contributed by atoms with Gasteiger partial charge in [0.25, 0.3) is 0 Å². The first-order chi connectivity index (χ1) is 10.3. The highest BCUT2D eigenvalue weighted by molar-refractivity contribution is 6.24. The highest BCUT2D eigenvalue weighted by atomic mass is 16.5. The van der Waals surface area contributed by atoms with E-state index in [2.05, 4.69) is 6.07 Å². The number of ketones is 1. The Morgan fingerprint density at radius 1 is 1.36 bits per heavy atom. The second-order valence-electron chi connectivity index (χ2n) is 6.75. The molecule has 0 radical (unpaired) electrons. The molecule has 114 valence electrons. The topological polar surface area (TPSA) is 87.1 Å². The molecule has 0 fully saturated rings. The van der Waals surface area contributed by atoms with Gasteiger partial charge in [-0.2, -0.15) is 5.26 Å². The largest absolute Gasteiger partial charge is 0.484 e. The quantitative estimate of drug-likeness (QED) is 0.860. The minimum Gasteiger partial charge on any atom is -0.484 e. The molecule has 5 heteroatoms. The van der Waals surface area contributed by atoms with Gasteiger partial charge in [0.05, 0.1) is 17.4 Å². The number of rotatable bonds is 1. The molecule has 0 saturated heterocycles. The van der Waals surface area contributed by atoms with Crippen LogP contribution in [-0.4, -0.2) is 11.5 Å². The van der Waals surface area contributed by atoms with Crippen molar-refractivity contribution in [1.82, 2.24) is 0 Å². The monoisotopic (exact) mass is 298 g/mol. The summed E-state index contributed by atoms with van der Waals surface area (Å²) in [5, 5.41) is 17.7. The summed E-state index contributed by atoms with van der Waals surface area (Å²) < 4.78 is 11.6. The van der Waals surface area contributed by atoms with Crippen LogP contribution >= 0.6 is 0 Å². The fraction of sp³-hybridized carbons (Fsp3) is 0.471. The van der Waals surface area contributed by atoms with E-state index in [0.29, 0.717) is 29.9 Å². The fourth-order valence-corrected chi connectivity index (χ4v) is 3.15. The summed E-state index contributed by atoms with van der Waals surface area (Å²) in [4.78, 5) is 12.4. The van der Waals surface area contributed by atoms with Gasteiger partial charge in [0.1, 0.15) is 23.2 Å². The predicted molar refractivity (Wildman–Crippen MR) is 79.1 cm³/mol. The maximum absolute atomic E-state index is 12.4. The lowest BCUT2D eigenvalue weighted by Gasteiger charge is -2.38. The summed E-state index contributed by atoms with van der Waals surface area (Å²) in [6, 6.07) is 5.65. The van der Waals surface area contributed by atoms with Crippen LogP contribution in [0.2, 0.25) is 0 Å². The lowest BCUT2D eigenvalue weighted by atomic mass is 9.72. The number of carbonyl (C=O) groups excluding carboxylic acids is 1. The van der Waals surface area contributed by atoms with E-state index in [4.69, 9.17) is 14.6 Å². The highest BCUT2D eigenvalue weighted by Gasteiger charge is 2.45. The second-order valence-corrected chi connectivity index (χ2v) is 6.75. The molecule has 1 aliphatic heterocycles. The molecule has 0 bridgehead atoms. The van der Waals surface area contributed by atoms with Crippen molar-refractivity contribution < 1.29 is 13.9 Å². The summed E-state index contributed by atoms with van der Waals surface area (Å²) in [6.45, 7) is 5.82. The van der Waals surface area contributed by atoms with Crippen LogP contribution in [0.3, 0.4) is 0 Å². The van der Waals surface area contributed by atoms with Crippen molar-refractivity contribution in [3.63, 3.8) is 0 Å². The summed E-state index contributed by atoms with van der Waals surface area (Å²) >= 11 is 0. The first-order valence-corrected chi connectivity index (χ1v) is 7.30. The van der Waals surface area contributed by atoms with Gasteiger partial charge in [-0.3, -0.25) is 4.79 Å². The van der Waals surface area contributed by atoms with Crippen molar-refractivity contribution in [2.45, 2.75) is 39.7 Å². The Morgan fingerprint density at radius 2 is 2.09 bits per heavy atom. The van der Waals surface area contributed by atoms with Crippen LogP contribution in [0.1, 0.15) is 44.3 Å². The smallest absolute Gasteiger partial charge is 0.177 e. The molecule has 1 aliphatic carbocycles. The Hall–Kier alpha value is -2.35. The van der Waals surface area contributed by atoms with Crippen LogP contribution in [-0.2, 0) is 9.53 Å². The molecule has 0 spiro atoms. The van der Waals surface area contributed by atoms with Crippen molar-refractivity contribution in [3.05, 3.63) is 35.0 Å². The number of hydrogen-bond donors (Lipinski definition) is 1. The van der Waals surface area contributed by atoms with Crippen molar-refractivity contribution >= 4 is 11.5 Å². The maximum Gasteiger partial charge on any atom is 0.177 e. The van der Waals surface area contributed by atoms with E-state index in [0.717, 1.165) is 5.76 Å². The molecule has 5 nitrogen and oxygen atoms in total. The molecule has 2 heterocycles. The maximum atomic E-state index is 12.4. The minimum absolute atomic E-state index is 0.0586. The van der Waals surface area contributed by atoms with Crippen molar-refractivity contribution in [2.75, 3.05) is 0 Å². The lowest BCUT2D eigenvalue weighted by molar-refractivity contribution is -0.118. The molecule has 2 aliphatic rings. The molecule has 2 atom stereocenters. The Morgan fingerprint density at radius 3 is 2.68 bits per heavy atom. The Balaban J connectivity index is 2.06. The van der Waals surface area contributed by atoms with Gasteiger partial charge < -0.3 is 14.6 Å². The summed E-state index contributed by atoms with van der Waals surface area (Å²) in [7, 11) is 0. The third kappa shape index (κ3) is 2.25. The Kier molecular flexibility index (Phi) is 3.21. The van der Waals surface area contributed by atoms with Gasteiger partial charge in [-0.15, -0.1) is 0 Å². The SMILES string of the molecule is Cc1ccc([C@H]2OC3=C(C(=N)[C@@H]2C#N)C(=O)CC(C)(C)C3)o1. The number of hydrogen-bond acceptors (Lipinski definition) is 5. The van der Waals surface area contributed by atoms with Crippen molar-refractivity contribution in [2.24, 2.45) is 11.3 Å². The molecule has 0 aromatic carbocycles.